The number of ether oxygens (including phenoxy) is 1. The average molecular weight is 227 g/mol. The number of carbonyl (C=O) groups is 1. The molecule has 4 nitrogen and oxygen atoms in total. The van der Waals surface area contributed by atoms with Crippen molar-refractivity contribution in [2.75, 3.05) is 13.1 Å². The minimum atomic E-state index is -0.438. The molecule has 2 aliphatic rings. The zero-order chi connectivity index (χ0) is 11.9. The van der Waals surface area contributed by atoms with Crippen molar-refractivity contribution in [2.24, 2.45) is 11.8 Å². The molecule has 16 heavy (non-hydrogen) atoms. The Labute approximate surface area is 96.6 Å². The Morgan fingerprint density at radius 3 is 2.56 bits per heavy atom. The maximum absolute atomic E-state index is 11.9. The molecule has 1 amide bonds. The third kappa shape index (κ3) is 2.48. The maximum Gasteiger partial charge on any atom is 0.410 e. The molecular weight excluding hydrogens is 206 g/mol. The molecule has 0 spiro atoms. The highest BCUT2D eigenvalue weighted by molar-refractivity contribution is 5.68. The van der Waals surface area contributed by atoms with Crippen molar-refractivity contribution < 1.29 is 14.6 Å². The Hall–Kier alpha value is -0.770. The van der Waals surface area contributed by atoms with E-state index < -0.39 is 5.60 Å². The Balaban J connectivity index is 1.94. The van der Waals surface area contributed by atoms with E-state index in [0.29, 0.717) is 12.5 Å². The molecule has 0 aromatic carbocycles. The monoisotopic (exact) mass is 227 g/mol. The van der Waals surface area contributed by atoms with Crippen LogP contribution in [-0.4, -0.2) is 40.9 Å². The van der Waals surface area contributed by atoms with Gasteiger partial charge in [-0.1, -0.05) is 0 Å². The molecule has 1 aliphatic heterocycles. The number of rotatable bonds is 0. The minimum absolute atomic E-state index is 0.225. The number of hydrogen-bond acceptors (Lipinski definition) is 3. The van der Waals surface area contributed by atoms with Gasteiger partial charge < -0.3 is 14.7 Å². The first-order chi connectivity index (χ1) is 7.35. The molecule has 2 bridgehead atoms. The number of amides is 1. The van der Waals surface area contributed by atoms with Crippen LogP contribution in [0, 0.1) is 11.8 Å². The zero-order valence-electron chi connectivity index (χ0n) is 10.3. The van der Waals surface area contributed by atoms with E-state index in [1.165, 1.54) is 0 Å². The van der Waals surface area contributed by atoms with E-state index in [0.717, 1.165) is 19.4 Å². The lowest BCUT2D eigenvalue weighted by Crippen LogP contribution is -2.44. The van der Waals surface area contributed by atoms with Gasteiger partial charge in [-0.2, -0.15) is 0 Å². The van der Waals surface area contributed by atoms with Crippen LogP contribution in [0.3, 0.4) is 0 Å². The summed E-state index contributed by atoms with van der Waals surface area (Å²) >= 11 is 0. The van der Waals surface area contributed by atoms with Crippen molar-refractivity contribution in [3.63, 3.8) is 0 Å². The van der Waals surface area contributed by atoms with E-state index >= 15 is 0 Å². The zero-order valence-corrected chi connectivity index (χ0v) is 10.3. The topological polar surface area (TPSA) is 49.8 Å². The summed E-state index contributed by atoms with van der Waals surface area (Å²) in [5, 5.41) is 9.75. The van der Waals surface area contributed by atoms with Crippen LogP contribution >= 0.6 is 0 Å². The number of nitrogens with zero attached hydrogens (tertiary/aromatic N) is 1. The molecule has 1 saturated heterocycles. The van der Waals surface area contributed by atoms with Crippen molar-refractivity contribution in [3.05, 3.63) is 0 Å². The summed E-state index contributed by atoms with van der Waals surface area (Å²) in [6.45, 7) is 7.00. The van der Waals surface area contributed by atoms with E-state index in [4.69, 9.17) is 4.74 Å². The predicted octanol–water partition coefficient (Wildman–Crippen LogP) is 1.62. The van der Waals surface area contributed by atoms with Crippen molar-refractivity contribution in [2.45, 2.75) is 45.3 Å². The molecule has 92 valence electrons. The molecule has 0 aromatic heterocycles. The van der Waals surface area contributed by atoms with Gasteiger partial charge in [-0.3, -0.25) is 0 Å². The number of aliphatic hydroxyl groups excluding tert-OH is 1. The van der Waals surface area contributed by atoms with Gasteiger partial charge >= 0.3 is 6.09 Å². The molecule has 0 aromatic rings. The van der Waals surface area contributed by atoms with E-state index in [9.17, 15) is 9.90 Å². The van der Waals surface area contributed by atoms with E-state index in [1.807, 2.05) is 20.8 Å². The van der Waals surface area contributed by atoms with E-state index in [2.05, 4.69) is 0 Å². The lowest BCUT2D eigenvalue weighted by atomic mass is 9.99. The molecule has 0 radical (unpaired) electrons. The van der Waals surface area contributed by atoms with Gasteiger partial charge in [0, 0.05) is 19.0 Å². The Morgan fingerprint density at radius 2 is 2.00 bits per heavy atom. The molecule has 1 heterocycles. The molecule has 1 aliphatic carbocycles. The van der Waals surface area contributed by atoms with Crippen molar-refractivity contribution in [3.8, 4) is 0 Å². The molecule has 3 atom stereocenters. The van der Waals surface area contributed by atoms with Gasteiger partial charge in [-0.15, -0.1) is 0 Å². The van der Waals surface area contributed by atoms with Gasteiger partial charge in [0.05, 0.1) is 6.10 Å². The van der Waals surface area contributed by atoms with Gasteiger partial charge in [0.1, 0.15) is 5.60 Å². The normalized spacial score (nSPS) is 34.0. The quantitative estimate of drug-likeness (QED) is 0.684. The minimum Gasteiger partial charge on any atom is -0.444 e. The second kappa shape index (κ2) is 3.91. The maximum atomic E-state index is 11.9. The summed E-state index contributed by atoms with van der Waals surface area (Å²) < 4.78 is 5.34. The summed E-state index contributed by atoms with van der Waals surface area (Å²) in [4.78, 5) is 13.6. The first-order valence-electron chi connectivity index (χ1n) is 6.01. The first kappa shape index (κ1) is 11.7. The summed E-state index contributed by atoms with van der Waals surface area (Å²) in [6, 6.07) is 0. The third-order valence-corrected chi connectivity index (χ3v) is 3.34. The van der Waals surface area contributed by atoms with Gasteiger partial charge in [0.15, 0.2) is 0 Å². The molecular formula is C12H21NO3. The Kier molecular flexibility index (Phi) is 2.86. The van der Waals surface area contributed by atoms with Crippen LogP contribution in [0.25, 0.3) is 0 Å². The summed E-state index contributed by atoms with van der Waals surface area (Å²) in [5.74, 6) is 0.715. The van der Waals surface area contributed by atoms with Crippen LogP contribution in [0.4, 0.5) is 4.79 Å². The van der Waals surface area contributed by atoms with Crippen LogP contribution in [-0.2, 0) is 4.74 Å². The fourth-order valence-electron chi connectivity index (χ4n) is 2.71. The second-order valence-corrected chi connectivity index (χ2v) is 6.05. The van der Waals surface area contributed by atoms with Crippen molar-refractivity contribution in [1.29, 1.82) is 0 Å². The molecule has 3 unspecified atom stereocenters. The van der Waals surface area contributed by atoms with Crippen LogP contribution in [0.5, 0.6) is 0 Å². The SMILES string of the molecule is CC(C)(C)OC(=O)N1CC2CC(O)C(C2)C1. The molecule has 1 N–H and O–H groups in total. The molecule has 2 fully saturated rings. The van der Waals surface area contributed by atoms with Crippen molar-refractivity contribution in [1.82, 2.24) is 4.90 Å². The van der Waals surface area contributed by atoms with Gasteiger partial charge in [0.25, 0.3) is 0 Å². The van der Waals surface area contributed by atoms with Crippen LogP contribution in [0.1, 0.15) is 33.6 Å². The largest absolute Gasteiger partial charge is 0.444 e. The van der Waals surface area contributed by atoms with Crippen LogP contribution in [0.2, 0.25) is 0 Å². The van der Waals surface area contributed by atoms with E-state index in [-0.39, 0.29) is 18.1 Å². The number of piperidine rings is 1. The molecule has 4 heteroatoms. The highest BCUT2D eigenvalue weighted by Gasteiger charge is 2.41. The highest BCUT2D eigenvalue weighted by atomic mass is 16.6. The van der Waals surface area contributed by atoms with Crippen molar-refractivity contribution >= 4 is 6.09 Å². The number of carbonyl (C=O) groups excluding carboxylic acids is 1. The first-order valence-corrected chi connectivity index (χ1v) is 6.01. The van der Waals surface area contributed by atoms with Crippen LogP contribution in [0.15, 0.2) is 0 Å². The fourth-order valence-corrected chi connectivity index (χ4v) is 2.71. The standard InChI is InChI=1S/C12H21NO3/c1-12(2,3)16-11(15)13-6-8-4-9(7-13)10(14)5-8/h8-10,14H,4-7H2,1-3H3. The smallest absolute Gasteiger partial charge is 0.410 e. The average Bonchev–Trinajstić information content (AvgIpc) is 2.37. The number of likely N-dealkylation sites (tertiary alicyclic amines) is 1. The molecule has 2 rings (SSSR count). The third-order valence-electron chi connectivity index (χ3n) is 3.34. The predicted molar refractivity (Wildman–Crippen MR) is 60.0 cm³/mol. The van der Waals surface area contributed by atoms with Gasteiger partial charge in [-0.25, -0.2) is 4.79 Å². The Bertz CT molecular complexity index is 282. The lowest BCUT2D eigenvalue weighted by molar-refractivity contribution is 0.0122. The molecule has 1 saturated carbocycles. The van der Waals surface area contributed by atoms with Gasteiger partial charge in [0.2, 0.25) is 0 Å². The second-order valence-electron chi connectivity index (χ2n) is 6.05. The number of aliphatic hydroxyl groups is 1. The summed E-state index contributed by atoms with van der Waals surface area (Å²) in [5.41, 5.74) is -0.438. The highest BCUT2D eigenvalue weighted by Crippen LogP contribution is 2.37. The number of hydrogen-bond donors (Lipinski definition) is 1. The summed E-state index contributed by atoms with van der Waals surface area (Å²) in [7, 11) is 0. The Morgan fingerprint density at radius 1 is 1.31 bits per heavy atom. The van der Waals surface area contributed by atoms with E-state index in [1.54, 1.807) is 4.90 Å². The van der Waals surface area contributed by atoms with Gasteiger partial charge in [-0.05, 0) is 39.5 Å². The summed E-state index contributed by atoms with van der Waals surface area (Å²) in [6.07, 6.45) is 1.43. The lowest BCUT2D eigenvalue weighted by Gasteiger charge is -2.33. The van der Waals surface area contributed by atoms with Crippen LogP contribution < -0.4 is 0 Å². The number of fused-ring (bicyclic) bond motifs is 2. The fraction of sp³-hybridized carbons (Fsp3) is 0.917.